The average Bonchev–Trinajstić information content (AvgIpc) is 2.51. The molecule has 74 valence electrons. The molecule has 0 aromatic rings. The predicted octanol–water partition coefficient (Wildman–Crippen LogP) is 2.83. The second-order valence-corrected chi connectivity index (χ2v) is 3.49. The zero-order chi connectivity index (χ0) is 9.52. The minimum absolute atomic E-state index is 0.0254. The van der Waals surface area contributed by atoms with Gasteiger partial charge in [0.1, 0.15) is 6.10 Å². The van der Waals surface area contributed by atoms with E-state index in [2.05, 4.69) is 19.1 Å². The standard InChI is InChI=1S/C11H18O2/c1-2-3-4-5-6-7-10-8-9-11(12)13-10/h4-5,10H,2-3,6-9H2,1H3/b5-4-. The minimum Gasteiger partial charge on any atom is -0.462 e. The zero-order valence-corrected chi connectivity index (χ0v) is 8.29. The van der Waals surface area contributed by atoms with E-state index in [1.807, 2.05) is 0 Å². The van der Waals surface area contributed by atoms with Gasteiger partial charge >= 0.3 is 5.97 Å². The van der Waals surface area contributed by atoms with Crippen LogP contribution in [-0.4, -0.2) is 12.1 Å². The summed E-state index contributed by atoms with van der Waals surface area (Å²) in [5, 5.41) is 0. The lowest BCUT2D eigenvalue weighted by atomic mass is 10.1. The summed E-state index contributed by atoms with van der Waals surface area (Å²) in [6.07, 6.45) is 10.5. The number of ether oxygens (including phenoxy) is 1. The molecule has 0 aliphatic carbocycles. The molecule has 0 radical (unpaired) electrons. The van der Waals surface area contributed by atoms with Crippen molar-refractivity contribution in [2.24, 2.45) is 0 Å². The van der Waals surface area contributed by atoms with Gasteiger partial charge in [0.05, 0.1) is 0 Å². The number of carbonyl (C=O) groups is 1. The molecule has 0 aromatic heterocycles. The van der Waals surface area contributed by atoms with E-state index >= 15 is 0 Å². The van der Waals surface area contributed by atoms with Crippen LogP contribution in [0.3, 0.4) is 0 Å². The Kier molecular flexibility index (Phi) is 4.58. The third-order valence-electron chi connectivity index (χ3n) is 2.25. The third-order valence-corrected chi connectivity index (χ3v) is 2.25. The van der Waals surface area contributed by atoms with Crippen LogP contribution in [0.5, 0.6) is 0 Å². The largest absolute Gasteiger partial charge is 0.462 e. The summed E-state index contributed by atoms with van der Waals surface area (Å²) in [7, 11) is 0. The second kappa shape index (κ2) is 5.79. The molecule has 1 fully saturated rings. The number of unbranched alkanes of at least 4 members (excludes halogenated alkanes) is 1. The van der Waals surface area contributed by atoms with Crippen molar-refractivity contribution in [1.29, 1.82) is 0 Å². The first-order chi connectivity index (χ1) is 6.33. The molecule has 0 aromatic carbocycles. The average molecular weight is 182 g/mol. The van der Waals surface area contributed by atoms with Gasteiger partial charge in [-0.25, -0.2) is 0 Å². The van der Waals surface area contributed by atoms with Gasteiger partial charge in [-0.15, -0.1) is 0 Å². The van der Waals surface area contributed by atoms with Crippen molar-refractivity contribution in [2.45, 2.75) is 51.6 Å². The van der Waals surface area contributed by atoms with Crippen molar-refractivity contribution < 1.29 is 9.53 Å². The highest BCUT2D eigenvalue weighted by molar-refractivity contribution is 5.71. The maximum Gasteiger partial charge on any atom is 0.306 e. The molecule has 1 aliphatic heterocycles. The van der Waals surface area contributed by atoms with E-state index in [-0.39, 0.29) is 12.1 Å². The van der Waals surface area contributed by atoms with E-state index in [9.17, 15) is 4.79 Å². The highest BCUT2D eigenvalue weighted by atomic mass is 16.5. The Morgan fingerprint density at radius 2 is 2.23 bits per heavy atom. The Morgan fingerprint density at radius 1 is 1.46 bits per heavy atom. The van der Waals surface area contributed by atoms with Gasteiger partial charge in [-0.1, -0.05) is 25.5 Å². The fourth-order valence-electron chi connectivity index (χ4n) is 1.47. The van der Waals surface area contributed by atoms with Gasteiger partial charge in [0.15, 0.2) is 0 Å². The fraction of sp³-hybridized carbons (Fsp3) is 0.727. The Bertz CT molecular complexity index is 185. The van der Waals surface area contributed by atoms with Crippen molar-refractivity contribution in [3.8, 4) is 0 Å². The summed E-state index contributed by atoms with van der Waals surface area (Å²) >= 11 is 0. The highest BCUT2D eigenvalue weighted by Gasteiger charge is 2.21. The molecular weight excluding hydrogens is 164 g/mol. The van der Waals surface area contributed by atoms with Crippen LogP contribution < -0.4 is 0 Å². The monoisotopic (exact) mass is 182 g/mol. The SMILES string of the molecule is CCC/C=C\CCC1CCC(=O)O1. The number of cyclic esters (lactones) is 1. The van der Waals surface area contributed by atoms with Gasteiger partial charge in [-0.2, -0.15) is 0 Å². The lowest BCUT2D eigenvalue weighted by Gasteiger charge is -2.05. The molecule has 2 heteroatoms. The van der Waals surface area contributed by atoms with Gasteiger partial charge in [0.2, 0.25) is 0 Å². The lowest BCUT2D eigenvalue weighted by molar-refractivity contribution is -0.141. The number of hydrogen-bond donors (Lipinski definition) is 0. The smallest absolute Gasteiger partial charge is 0.306 e. The highest BCUT2D eigenvalue weighted by Crippen LogP contribution is 2.18. The van der Waals surface area contributed by atoms with Crippen molar-refractivity contribution in [1.82, 2.24) is 0 Å². The molecular formula is C11H18O2. The van der Waals surface area contributed by atoms with Crippen molar-refractivity contribution in [2.75, 3.05) is 0 Å². The van der Waals surface area contributed by atoms with Crippen molar-refractivity contribution in [3.05, 3.63) is 12.2 Å². The molecule has 2 nitrogen and oxygen atoms in total. The Morgan fingerprint density at radius 3 is 2.85 bits per heavy atom. The van der Waals surface area contributed by atoms with Gasteiger partial charge in [-0.3, -0.25) is 4.79 Å². The van der Waals surface area contributed by atoms with E-state index < -0.39 is 0 Å². The molecule has 0 N–H and O–H groups in total. The van der Waals surface area contributed by atoms with Gasteiger partial charge in [0, 0.05) is 6.42 Å². The molecule has 0 spiro atoms. The first-order valence-electron chi connectivity index (χ1n) is 5.17. The van der Waals surface area contributed by atoms with Crippen LogP contribution >= 0.6 is 0 Å². The summed E-state index contributed by atoms with van der Waals surface area (Å²) < 4.78 is 5.10. The van der Waals surface area contributed by atoms with Crippen LogP contribution in [0.1, 0.15) is 45.4 Å². The Labute approximate surface area is 80.0 Å². The summed E-state index contributed by atoms with van der Waals surface area (Å²) in [6, 6.07) is 0. The quantitative estimate of drug-likeness (QED) is 0.482. The molecule has 13 heavy (non-hydrogen) atoms. The number of esters is 1. The maximum atomic E-state index is 10.7. The first-order valence-corrected chi connectivity index (χ1v) is 5.17. The summed E-state index contributed by atoms with van der Waals surface area (Å²) in [4.78, 5) is 10.7. The Hall–Kier alpha value is -0.790. The van der Waals surface area contributed by atoms with E-state index in [0.717, 1.165) is 25.7 Å². The van der Waals surface area contributed by atoms with Gasteiger partial charge in [0.25, 0.3) is 0 Å². The number of rotatable bonds is 5. The number of carbonyl (C=O) groups excluding carboxylic acids is 1. The zero-order valence-electron chi connectivity index (χ0n) is 8.29. The second-order valence-electron chi connectivity index (χ2n) is 3.49. The van der Waals surface area contributed by atoms with Crippen molar-refractivity contribution in [3.63, 3.8) is 0 Å². The Balaban J connectivity index is 2.03. The molecule has 1 atom stereocenters. The number of hydrogen-bond acceptors (Lipinski definition) is 2. The molecule has 1 rings (SSSR count). The molecule has 1 unspecified atom stereocenters. The number of allylic oxidation sites excluding steroid dienone is 2. The van der Waals surface area contributed by atoms with E-state index in [1.165, 1.54) is 6.42 Å². The van der Waals surface area contributed by atoms with Crippen LogP contribution in [0.25, 0.3) is 0 Å². The molecule has 1 aliphatic rings. The first kappa shape index (κ1) is 10.3. The van der Waals surface area contributed by atoms with Crippen LogP contribution in [0.15, 0.2) is 12.2 Å². The van der Waals surface area contributed by atoms with Gasteiger partial charge in [-0.05, 0) is 25.7 Å². The summed E-state index contributed by atoms with van der Waals surface area (Å²) in [5.41, 5.74) is 0. The molecule has 0 bridgehead atoms. The van der Waals surface area contributed by atoms with Crippen LogP contribution in [0, 0.1) is 0 Å². The minimum atomic E-state index is -0.0254. The van der Waals surface area contributed by atoms with E-state index in [0.29, 0.717) is 6.42 Å². The van der Waals surface area contributed by atoms with Gasteiger partial charge < -0.3 is 4.74 Å². The van der Waals surface area contributed by atoms with Crippen molar-refractivity contribution >= 4 is 5.97 Å². The summed E-state index contributed by atoms with van der Waals surface area (Å²) in [5.74, 6) is -0.0254. The van der Waals surface area contributed by atoms with Crippen LogP contribution in [-0.2, 0) is 9.53 Å². The normalized spacial score (nSPS) is 22.5. The predicted molar refractivity (Wildman–Crippen MR) is 52.4 cm³/mol. The molecule has 0 saturated carbocycles. The lowest BCUT2D eigenvalue weighted by Crippen LogP contribution is -2.05. The topological polar surface area (TPSA) is 26.3 Å². The maximum absolute atomic E-state index is 10.7. The van der Waals surface area contributed by atoms with E-state index in [1.54, 1.807) is 0 Å². The van der Waals surface area contributed by atoms with Crippen LogP contribution in [0.4, 0.5) is 0 Å². The van der Waals surface area contributed by atoms with E-state index in [4.69, 9.17) is 4.74 Å². The fourth-order valence-corrected chi connectivity index (χ4v) is 1.47. The molecule has 0 amide bonds. The summed E-state index contributed by atoms with van der Waals surface area (Å²) in [6.45, 7) is 2.17. The van der Waals surface area contributed by atoms with Crippen LogP contribution in [0.2, 0.25) is 0 Å². The molecule has 1 saturated heterocycles. The molecule has 1 heterocycles. The third kappa shape index (κ3) is 4.11.